The van der Waals surface area contributed by atoms with E-state index >= 15 is 0 Å². The van der Waals surface area contributed by atoms with Crippen LogP contribution in [0.1, 0.15) is 16.7 Å². The van der Waals surface area contributed by atoms with E-state index in [-0.39, 0.29) is 5.57 Å². The van der Waals surface area contributed by atoms with Crippen molar-refractivity contribution in [1.82, 2.24) is 0 Å². The van der Waals surface area contributed by atoms with Crippen molar-refractivity contribution >= 4 is 17.7 Å². The van der Waals surface area contributed by atoms with Crippen LogP contribution in [0.15, 0.2) is 84.4 Å². The third kappa shape index (κ3) is 5.33. The van der Waals surface area contributed by atoms with Crippen LogP contribution in [-0.4, -0.2) is 5.91 Å². The second-order valence-corrected chi connectivity index (χ2v) is 6.33. The highest BCUT2D eigenvalue weighted by Crippen LogP contribution is 2.18. The number of amides is 1. The maximum atomic E-state index is 12.4. The Morgan fingerprint density at radius 1 is 1.00 bits per heavy atom. The number of ether oxygens (including phenoxy) is 1. The number of hydrogen-bond acceptors (Lipinski definition) is 3. The third-order valence-electron chi connectivity index (χ3n) is 4.11. The number of nitrogens with zero attached hydrogens (tertiary/aromatic N) is 1. The maximum Gasteiger partial charge on any atom is 0.266 e. The fourth-order valence-electron chi connectivity index (χ4n) is 2.55. The van der Waals surface area contributed by atoms with Crippen LogP contribution in [-0.2, 0) is 11.4 Å². The number of nitrogens with one attached hydrogen (secondary N) is 1. The Balaban J connectivity index is 1.61. The van der Waals surface area contributed by atoms with Crippen molar-refractivity contribution in [1.29, 1.82) is 5.26 Å². The predicted octanol–water partition coefficient (Wildman–Crippen LogP) is 5.12. The van der Waals surface area contributed by atoms with Gasteiger partial charge in [0, 0.05) is 5.69 Å². The molecule has 1 amide bonds. The zero-order chi connectivity index (χ0) is 19.8. The van der Waals surface area contributed by atoms with Crippen LogP contribution in [0.2, 0.25) is 0 Å². The molecule has 0 spiro atoms. The van der Waals surface area contributed by atoms with E-state index in [2.05, 4.69) is 5.32 Å². The normalized spacial score (nSPS) is 10.8. The zero-order valence-corrected chi connectivity index (χ0v) is 15.6. The van der Waals surface area contributed by atoms with Crippen molar-refractivity contribution in [2.45, 2.75) is 13.5 Å². The van der Waals surface area contributed by atoms with Crippen molar-refractivity contribution < 1.29 is 9.53 Å². The van der Waals surface area contributed by atoms with Gasteiger partial charge in [0.2, 0.25) is 0 Å². The average molecular weight is 368 g/mol. The summed E-state index contributed by atoms with van der Waals surface area (Å²) in [6, 6.07) is 26.5. The van der Waals surface area contributed by atoms with Gasteiger partial charge in [-0.05, 0) is 48.4 Å². The summed E-state index contributed by atoms with van der Waals surface area (Å²) in [5.74, 6) is 0.263. The van der Waals surface area contributed by atoms with Gasteiger partial charge in [-0.2, -0.15) is 5.26 Å². The van der Waals surface area contributed by atoms with Crippen LogP contribution in [0.25, 0.3) is 6.08 Å². The zero-order valence-electron chi connectivity index (χ0n) is 15.6. The smallest absolute Gasteiger partial charge is 0.266 e. The highest BCUT2D eigenvalue weighted by molar-refractivity contribution is 6.09. The number of rotatable bonds is 6. The van der Waals surface area contributed by atoms with E-state index in [1.807, 2.05) is 67.6 Å². The first-order valence-corrected chi connectivity index (χ1v) is 8.90. The molecule has 3 aromatic rings. The molecule has 0 saturated heterocycles. The molecule has 0 atom stereocenters. The molecule has 0 aliphatic carbocycles. The first-order valence-electron chi connectivity index (χ1n) is 8.90. The summed E-state index contributed by atoms with van der Waals surface area (Å²) >= 11 is 0. The average Bonchev–Trinajstić information content (AvgIpc) is 2.73. The number of anilines is 1. The summed E-state index contributed by atoms with van der Waals surface area (Å²) in [7, 11) is 0. The molecule has 1 N–H and O–H groups in total. The minimum Gasteiger partial charge on any atom is -0.489 e. The van der Waals surface area contributed by atoms with E-state index in [0.717, 1.165) is 16.7 Å². The number of hydrogen-bond donors (Lipinski definition) is 1. The van der Waals surface area contributed by atoms with Crippen LogP contribution in [0.3, 0.4) is 0 Å². The van der Waals surface area contributed by atoms with Crippen molar-refractivity contribution in [2.24, 2.45) is 0 Å². The van der Waals surface area contributed by atoms with Gasteiger partial charge in [0.1, 0.15) is 24.0 Å². The van der Waals surface area contributed by atoms with Crippen LogP contribution < -0.4 is 10.1 Å². The molecule has 0 bridgehead atoms. The molecule has 4 nitrogen and oxygen atoms in total. The highest BCUT2D eigenvalue weighted by atomic mass is 16.5. The van der Waals surface area contributed by atoms with Gasteiger partial charge < -0.3 is 10.1 Å². The van der Waals surface area contributed by atoms with Crippen LogP contribution in [0, 0.1) is 18.3 Å². The molecule has 0 fully saturated rings. The lowest BCUT2D eigenvalue weighted by Crippen LogP contribution is -2.13. The second-order valence-electron chi connectivity index (χ2n) is 6.33. The number of benzene rings is 3. The SMILES string of the molecule is Cc1ccc(/C=C(\C#N)C(=O)Nc2ccc(OCc3ccccc3)cc2)cc1. The van der Waals surface area contributed by atoms with Crippen LogP contribution in [0.5, 0.6) is 5.75 Å². The molecule has 0 unspecified atom stereocenters. The first-order chi connectivity index (χ1) is 13.6. The molecule has 3 aromatic carbocycles. The van der Waals surface area contributed by atoms with Crippen molar-refractivity contribution in [3.05, 3.63) is 101 Å². The van der Waals surface area contributed by atoms with E-state index in [1.165, 1.54) is 0 Å². The fraction of sp³-hybridized carbons (Fsp3) is 0.0833. The van der Waals surface area contributed by atoms with Gasteiger partial charge in [-0.1, -0.05) is 60.2 Å². The minimum absolute atomic E-state index is 0.0493. The second kappa shape index (κ2) is 9.20. The molecule has 0 aliphatic heterocycles. The van der Waals surface area contributed by atoms with Gasteiger partial charge in [-0.3, -0.25) is 4.79 Å². The van der Waals surface area contributed by atoms with Crippen molar-refractivity contribution in [3.8, 4) is 11.8 Å². The Hall–Kier alpha value is -3.84. The fourth-order valence-corrected chi connectivity index (χ4v) is 2.55. The third-order valence-corrected chi connectivity index (χ3v) is 4.11. The molecule has 0 aliphatic rings. The molecule has 0 aromatic heterocycles. The molecular weight excluding hydrogens is 348 g/mol. The van der Waals surface area contributed by atoms with Gasteiger partial charge in [0.25, 0.3) is 5.91 Å². The molecule has 3 rings (SSSR count). The summed E-state index contributed by atoms with van der Waals surface area (Å²) in [5, 5.41) is 12.1. The van der Waals surface area contributed by atoms with E-state index in [4.69, 9.17) is 4.74 Å². The van der Waals surface area contributed by atoms with Crippen molar-refractivity contribution in [3.63, 3.8) is 0 Å². The van der Waals surface area contributed by atoms with E-state index < -0.39 is 5.91 Å². The Morgan fingerprint density at radius 2 is 1.68 bits per heavy atom. The lowest BCUT2D eigenvalue weighted by molar-refractivity contribution is -0.112. The minimum atomic E-state index is -0.443. The summed E-state index contributed by atoms with van der Waals surface area (Å²) in [5.41, 5.74) is 3.66. The largest absolute Gasteiger partial charge is 0.489 e. The van der Waals surface area contributed by atoms with E-state index in [9.17, 15) is 10.1 Å². The maximum absolute atomic E-state index is 12.4. The topological polar surface area (TPSA) is 62.1 Å². The molecule has 28 heavy (non-hydrogen) atoms. The number of carbonyl (C=O) groups is 1. The Morgan fingerprint density at radius 3 is 2.32 bits per heavy atom. The van der Waals surface area contributed by atoms with E-state index in [1.54, 1.807) is 30.3 Å². The van der Waals surface area contributed by atoms with Crippen LogP contribution in [0.4, 0.5) is 5.69 Å². The molecule has 0 saturated carbocycles. The molecular formula is C24H20N2O2. The predicted molar refractivity (Wildman–Crippen MR) is 111 cm³/mol. The summed E-state index contributed by atoms with van der Waals surface area (Å²) in [6.45, 7) is 2.46. The van der Waals surface area contributed by atoms with Gasteiger partial charge in [-0.15, -0.1) is 0 Å². The van der Waals surface area contributed by atoms with Crippen molar-refractivity contribution in [2.75, 3.05) is 5.32 Å². The Bertz CT molecular complexity index is 999. The number of aryl methyl sites for hydroxylation is 1. The summed E-state index contributed by atoms with van der Waals surface area (Å²) in [4.78, 5) is 12.4. The van der Waals surface area contributed by atoms with E-state index in [0.29, 0.717) is 18.0 Å². The molecule has 0 radical (unpaired) electrons. The van der Waals surface area contributed by atoms with Gasteiger partial charge in [0.05, 0.1) is 0 Å². The lowest BCUT2D eigenvalue weighted by Gasteiger charge is -2.08. The lowest BCUT2D eigenvalue weighted by atomic mass is 10.1. The standard InChI is InChI=1S/C24H20N2O2/c1-18-7-9-19(10-8-18)15-21(16-25)24(27)26-22-11-13-23(14-12-22)28-17-20-5-3-2-4-6-20/h2-15H,17H2,1H3,(H,26,27)/b21-15+. The molecule has 4 heteroatoms. The quantitative estimate of drug-likeness (QED) is 0.485. The molecule has 138 valence electrons. The van der Waals surface area contributed by atoms with Gasteiger partial charge in [0.15, 0.2) is 0 Å². The van der Waals surface area contributed by atoms with Gasteiger partial charge >= 0.3 is 0 Å². The number of carbonyl (C=O) groups excluding carboxylic acids is 1. The van der Waals surface area contributed by atoms with Crippen LogP contribution >= 0.6 is 0 Å². The highest BCUT2D eigenvalue weighted by Gasteiger charge is 2.09. The first kappa shape index (κ1) is 18.9. The van der Waals surface area contributed by atoms with Gasteiger partial charge in [-0.25, -0.2) is 0 Å². The Labute approximate surface area is 164 Å². The Kier molecular flexibility index (Phi) is 6.22. The summed E-state index contributed by atoms with van der Waals surface area (Å²) < 4.78 is 5.73. The monoisotopic (exact) mass is 368 g/mol. The molecule has 0 heterocycles. The number of nitriles is 1. The summed E-state index contributed by atoms with van der Waals surface area (Å²) in [6.07, 6.45) is 1.58.